The Bertz CT molecular complexity index is 494. The molecule has 1 rings (SSSR count). The van der Waals surface area contributed by atoms with Crippen LogP contribution in [0.25, 0.3) is 0 Å². The minimum absolute atomic E-state index is 0.0868. The third kappa shape index (κ3) is 6.57. The second kappa shape index (κ2) is 8.61. The van der Waals surface area contributed by atoms with Crippen molar-refractivity contribution in [3.05, 3.63) is 23.9 Å². The summed E-state index contributed by atoms with van der Waals surface area (Å²) in [5.41, 5.74) is 0.805. The van der Waals surface area contributed by atoms with Gasteiger partial charge in [0.25, 0.3) is 0 Å². The topological polar surface area (TPSA) is 74.3 Å². The summed E-state index contributed by atoms with van der Waals surface area (Å²) < 4.78 is 11.2. The lowest BCUT2D eigenvalue weighted by Gasteiger charge is -2.13. The summed E-state index contributed by atoms with van der Waals surface area (Å²) in [6.45, 7) is 2.80. The summed E-state index contributed by atoms with van der Waals surface area (Å²) in [5.74, 6) is 0.856. The highest BCUT2D eigenvalue weighted by Crippen LogP contribution is 2.07. The maximum absolute atomic E-state index is 11.7. The predicted molar refractivity (Wildman–Crippen MR) is 86.9 cm³/mol. The first kappa shape index (κ1) is 17.4. The monoisotopic (exact) mass is 312 g/mol. The zero-order valence-corrected chi connectivity index (χ0v) is 13.9. The first-order chi connectivity index (χ1) is 9.90. The van der Waals surface area contributed by atoms with Gasteiger partial charge in [-0.3, -0.25) is 4.21 Å². The van der Waals surface area contributed by atoms with E-state index in [1.165, 1.54) is 0 Å². The quantitative estimate of drug-likeness (QED) is 0.791. The molecule has 2 amide bonds. The number of nitrogens with zero attached hydrogens (tertiary/aromatic N) is 2. The Hall–Kier alpha value is -1.63. The van der Waals surface area contributed by atoms with E-state index in [0.29, 0.717) is 19.5 Å². The number of carbonyl (C=O) groups is 1. The molecule has 0 spiro atoms. The molecule has 1 aromatic heterocycles. The average molecular weight is 312 g/mol. The molecule has 118 valence electrons. The average Bonchev–Trinajstić information content (AvgIpc) is 2.45. The molecule has 0 aliphatic heterocycles. The Morgan fingerprint density at radius 3 is 2.71 bits per heavy atom. The first-order valence-electron chi connectivity index (χ1n) is 6.87. The molecule has 0 unspecified atom stereocenters. The summed E-state index contributed by atoms with van der Waals surface area (Å²) in [6.07, 6.45) is 2.37. The molecular formula is C14H24N4O2S. The third-order valence-corrected chi connectivity index (χ3v) is 4.45. The Labute approximate surface area is 128 Å². The lowest BCUT2D eigenvalue weighted by atomic mass is 10.3. The second-order valence-corrected chi connectivity index (χ2v) is 6.89. The number of anilines is 1. The molecule has 1 heterocycles. The molecule has 0 bridgehead atoms. The molecule has 2 N–H and O–H groups in total. The zero-order valence-electron chi connectivity index (χ0n) is 13.0. The Morgan fingerprint density at radius 1 is 1.38 bits per heavy atom. The van der Waals surface area contributed by atoms with E-state index in [1.54, 1.807) is 6.26 Å². The minimum atomic E-state index is -0.852. The van der Waals surface area contributed by atoms with Gasteiger partial charge in [-0.2, -0.15) is 0 Å². The summed E-state index contributed by atoms with van der Waals surface area (Å²) in [4.78, 5) is 18.0. The van der Waals surface area contributed by atoms with E-state index in [0.717, 1.165) is 11.5 Å². The molecule has 21 heavy (non-hydrogen) atoms. The van der Waals surface area contributed by atoms with Crippen molar-refractivity contribution in [1.29, 1.82) is 0 Å². The van der Waals surface area contributed by atoms with E-state index in [1.807, 2.05) is 44.1 Å². The maximum Gasteiger partial charge on any atom is 0.315 e. The van der Waals surface area contributed by atoms with Crippen LogP contribution in [0.5, 0.6) is 0 Å². The third-order valence-electron chi connectivity index (χ3n) is 3.08. The summed E-state index contributed by atoms with van der Waals surface area (Å²) in [5, 5.41) is 5.60. The van der Waals surface area contributed by atoms with Crippen molar-refractivity contribution in [2.45, 2.75) is 25.1 Å². The fourth-order valence-corrected chi connectivity index (χ4v) is 2.05. The molecule has 6 nitrogen and oxygen atoms in total. The van der Waals surface area contributed by atoms with Crippen LogP contribution < -0.4 is 15.5 Å². The van der Waals surface area contributed by atoms with Crippen LogP contribution in [0.3, 0.4) is 0 Å². The van der Waals surface area contributed by atoms with Gasteiger partial charge in [-0.25, -0.2) is 9.78 Å². The molecule has 0 radical (unpaired) electrons. The summed E-state index contributed by atoms with van der Waals surface area (Å²) in [7, 11) is 2.99. The number of hydrogen-bond donors (Lipinski definition) is 2. The van der Waals surface area contributed by atoms with Gasteiger partial charge in [0.05, 0.1) is 12.2 Å². The van der Waals surface area contributed by atoms with Crippen molar-refractivity contribution in [2.75, 3.05) is 31.8 Å². The normalized spacial score (nSPS) is 13.3. The maximum atomic E-state index is 11.7. The molecule has 0 fully saturated rings. The number of pyridine rings is 1. The molecule has 0 saturated carbocycles. The van der Waals surface area contributed by atoms with E-state index in [4.69, 9.17) is 0 Å². The van der Waals surface area contributed by atoms with Gasteiger partial charge in [0, 0.05) is 42.9 Å². The minimum Gasteiger partial charge on any atom is -0.363 e. The molecule has 0 aliphatic carbocycles. The Morgan fingerprint density at radius 2 is 2.10 bits per heavy atom. The van der Waals surface area contributed by atoms with Gasteiger partial charge in [-0.15, -0.1) is 0 Å². The molecule has 0 saturated heterocycles. The van der Waals surface area contributed by atoms with Crippen LogP contribution in [-0.4, -0.2) is 47.4 Å². The van der Waals surface area contributed by atoms with Crippen molar-refractivity contribution in [1.82, 2.24) is 15.6 Å². The van der Waals surface area contributed by atoms with E-state index in [2.05, 4.69) is 15.6 Å². The molecule has 0 aromatic carbocycles. The first-order valence-corrected chi connectivity index (χ1v) is 8.49. The smallest absolute Gasteiger partial charge is 0.315 e. The molecule has 2 atom stereocenters. The lowest BCUT2D eigenvalue weighted by molar-refractivity contribution is 0.240. The Balaban J connectivity index is 2.33. The van der Waals surface area contributed by atoms with Gasteiger partial charge in [0.1, 0.15) is 5.82 Å². The van der Waals surface area contributed by atoms with Gasteiger partial charge < -0.3 is 15.5 Å². The van der Waals surface area contributed by atoms with Gasteiger partial charge in [-0.05, 0) is 18.6 Å². The predicted octanol–water partition coefficient (Wildman–Crippen LogP) is 1.10. The summed E-state index contributed by atoms with van der Waals surface area (Å²) in [6, 6.07) is 5.46. The molecule has 1 aromatic rings. The lowest BCUT2D eigenvalue weighted by Crippen LogP contribution is -2.36. The Kier molecular flexibility index (Phi) is 7.14. The number of urea groups is 1. The highest BCUT2D eigenvalue weighted by molar-refractivity contribution is 7.84. The van der Waals surface area contributed by atoms with Crippen molar-refractivity contribution in [2.24, 2.45) is 0 Å². The van der Waals surface area contributed by atoms with Crippen LogP contribution in [0, 0.1) is 0 Å². The van der Waals surface area contributed by atoms with Crippen molar-refractivity contribution in [3.8, 4) is 0 Å². The van der Waals surface area contributed by atoms with E-state index in [-0.39, 0.29) is 11.3 Å². The number of nitrogens with one attached hydrogen (secondary N) is 2. The number of amides is 2. The summed E-state index contributed by atoms with van der Waals surface area (Å²) >= 11 is 0. The van der Waals surface area contributed by atoms with Crippen LogP contribution in [0.15, 0.2) is 18.2 Å². The zero-order chi connectivity index (χ0) is 15.8. The number of hydrogen-bond acceptors (Lipinski definition) is 4. The number of rotatable bonds is 7. The van der Waals surface area contributed by atoms with Crippen molar-refractivity contribution in [3.63, 3.8) is 0 Å². The fraction of sp³-hybridized carbons (Fsp3) is 0.571. The van der Waals surface area contributed by atoms with Crippen LogP contribution in [0.4, 0.5) is 10.6 Å². The molecule has 7 heteroatoms. The van der Waals surface area contributed by atoms with Gasteiger partial charge >= 0.3 is 6.03 Å². The second-order valence-electron chi connectivity index (χ2n) is 5.09. The van der Waals surface area contributed by atoms with Crippen molar-refractivity contribution < 1.29 is 9.00 Å². The SMILES string of the molecule is C[C@@H](CCNC(=O)NCc1cccc(N(C)C)n1)[S@@](C)=O. The molecule has 0 aliphatic rings. The molecular weight excluding hydrogens is 288 g/mol. The fourth-order valence-electron chi connectivity index (χ4n) is 1.60. The highest BCUT2D eigenvalue weighted by Gasteiger charge is 2.07. The van der Waals surface area contributed by atoms with Crippen LogP contribution in [0.1, 0.15) is 19.0 Å². The van der Waals surface area contributed by atoms with Crippen LogP contribution >= 0.6 is 0 Å². The number of carbonyl (C=O) groups excluding carboxylic acids is 1. The number of aromatic nitrogens is 1. The van der Waals surface area contributed by atoms with Gasteiger partial charge in [0.2, 0.25) is 0 Å². The van der Waals surface area contributed by atoms with E-state index in [9.17, 15) is 9.00 Å². The van der Waals surface area contributed by atoms with Crippen LogP contribution in [-0.2, 0) is 17.3 Å². The van der Waals surface area contributed by atoms with E-state index >= 15 is 0 Å². The van der Waals surface area contributed by atoms with Crippen LogP contribution in [0.2, 0.25) is 0 Å². The largest absolute Gasteiger partial charge is 0.363 e. The standard InChI is InChI=1S/C14H24N4O2S/c1-11(21(4)20)8-9-15-14(19)16-10-12-6-5-7-13(17-12)18(2)3/h5-7,11H,8-10H2,1-4H3,(H2,15,16,19)/t11-,21+/m0/s1. The van der Waals surface area contributed by atoms with E-state index < -0.39 is 10.8 Å². The van der Waals surface area contributed by atoms with Gasteiger partial charge in [0.15, 0.2) is 0 Å². The van der Waals surface area contributed by atoms with Gasteiger partial charge in [-0.1, -0.05) is 13.0 Å². The highest BCUT2D eigenvalue weighted by atomic mass is 32.2. The van der Waals surface area contributed by atoms with Crippen molar-refractivity contribution >= 4 is 22.6 Å².